The number of hydrogen-bond acceptors (Lipinski definition) is 33. The third-order valence-corrected chi connectivity index (χ3v) is 15.5. The van der Waals surface area contributed by atoms with Crippen molar-refractivity contribution < 1.29 is 138 Å². The minimum absolute atomic E-state index is 0.0879. The van der Waals surface area contributed by atoms with Gasteiger partial charge in [-0.1, -0.05) is 37.6 Å². The zero-order valence-electron chi connectivity index (χ0n) is 68.2. The first kappa shape index (κ1) is 101. The summed E-state index contributed by atoms with van der Waals surface area (Å²) >= 11 is 0. The highest BCUT2D eigenvalue weighted by atomic mass is 16.6. The third kappa shape index (κ3) is 56.9. The molecule has 0 unspecified atom stereocenters. The van der Waals surface area contributed by atoms with Gasteiger partial charge in [-0.15, -0.1) is 10.2 Å². The van der Waals surface area contributed by atoms with Crippen molar-refractivity contribution in [3.05, 3.63) is 65.6 Å². The molecule has 0 aliphatic carbocycles. The average Bonchev–Trinajstić information content (AvgIpc) is 1.62. The Hall–Kier alpha value is -6.03. The highest BCUT2D eigenvalue weighted by Crippen LogP contribution is 2.30. The van der Waals surface area contributed by atoms with E-state index in [1.54, 1.807) is 0 Å². The molecule has 1 aliphatic heterocycles. The van der Waals surface area contributed by atoms with Crippen LogP contribution in [0.4, 0.5) is 5.82 Å². The van der Waals surface area contributed by atoms with Crippen LogP contribution in [0.3, 0.4) is 0 Å². The van der Waals surface area contributed by atoms with Gasteiger partial charge < -0.3 is 139 Å². The minimum atomic E-state index is -0.491. The van der Waals surface area contributed by atoms with E-state index in [-0.39, 0.29) is 37.4 Å². The molecular weight excluding hydrogens is 1510 g/mol. The first-order valence-corrected chi connectivity index (χ1v) is 40.1. The molecule has 4 rings (SSSR count). The molecule has 115 heavy (non-hydrogen) atoms. The van der Waals surface area contributed by atoms with E-state index in [9.17, 15) is 19.2 Å². The summed E-state index contributed by atoms with van der Waals surface area (Å²) in [5.41, 5.74) is 9.61. The summed E-state index contributed by atoms with van der Waals surface area (Å²) in [6, 6.07) is 8.13. The molecule has 1 aliphatic rings. The Balaban J connectivity index is 0.717. The number of rotatable bonds is 86. The van der Waals surface area contributed by atoms with Crippen molar-refractivity contribution in [1.29, 1.82) is 0 Å². The smallest absolute Gasteiger partial charge is 0.260 e. The van der Waals surface area contributed by atoms with E-state index in [2.05, 4.69) is 44.5 Å². The normalized spacial score (nSPS) is 12.4. The lowest BCUT2D eigenvalue weighted by molar-refractivity contribution is -0.133. The molecule has 4 amide bonds. The van der Waals surface area contributed by atoms with Crippen LogP contribution in [-0.4, -0.2) is 378 Å². The molecule has 658 valence electrons. The maximum atomic E-state index is 12.5. The highest BCUT2D eigenvalue weighted by molar-refractivity contribution is 6.14. The molecule has 1 aromatic carbocycles. The molecule has 0 spiro atoms. The second-order valence-corrected chi connectivity index (χ2v) is 25.0. The number of nitrogens with one attached hydrogen (secondary N) is 2. The van der Waals surface area contributed by atoms with Crippen LogP contribution in [0.2, 0.25) is 0 Å². The van der Waals surface area contributed by atoms with Gasteiger partial charge in [-0.3, -0.25) is 24.1 Å². The summed E-state index contributed by atoms with van der Waals surface area (Å²) in [4.78, 5) is 52.9. The zero-order valence-corrected chi connectivity index (χ0v) is 68.2. The number of carbonyl (C=O) groups excluding carboxylic acids is 4. The number of imide groups is 1. The number of hydrogen-bond donors (Lipinski definition) is 3. The monoisotopic (exact) mass is 1640 g/mol. The van der Waals surface area contributed by atoms with Gasteiger partial charge in [0.2, 0.25) is 11.8 Å². The summed E-state index contributed by atoms with van der Waals surface area (Å²) in [6.45, 7) is 28.7. The third-order valence-electron chi connectivity index (χ3n) is 15.5. The van der Waals surface area contributed by atoms with Crippen molar-refractivity contribution in [2.24, 2.45) is 0 Å². The number of aryl methyl sites for hydroxylation is 1. The Kier molecular flexibility index (Phi) is 65.4. The summed E-state index contributed by atoms with van der Waals surface area (Å²) in [7, 11) is 0. The van der Waals surface area contributed by atoms with Crippen molar-refractivity contribution in [3.63, 3.8) is 0 Å². The molecule has 37 nitrogen and oxygen atoms in total. The Bertz CT molecular complexity index is 2870. The van der Waals surface area contributed by atoms with Gasteiger partial charge in [-0.2, -0.15) is 0 Å². The molecular formula is C78H132N8O29. The molecule has 4 N–H and O–H groups in total. The number of nitrogen functional groups attached to an aromatic ring is 1. The number of nitrogens with zero attached hydrogens (tertiary/aromatic N) is 5. The topological polar surface area (TPSA) is 396 Å². The predicted molar refractivity (Wildman–Crippen MR) is 419 cm³/mol. The Morgan fingerprint density at radius 2 is 0.704 bits per heavy atom. The SMILES string of the molecule is CCCCc1nc2c(N)nnc(OC(C)C)c2n1Cc1ccc(CNC(=O)CCOCCOCCOCCOCCOCCOCCOCCOCCOCCOCCOCCOCCOCCOCCOCCOCCOCCOCCOCCOCCOCCOCCOCCOCCNC(=O)C=CN2C(=O)C=CC2=O)cc1. The van der Waals surface area contributed by atoms with E-state index in [4.69, 9.17) is 129 Å². The molecule has 37 heteroatoms. The molecule has 0 fully saturated rings. The summed E-state index contributed by atoms with van der Waals surface area (Å²) in [5.74, 6) is 0.0966. The molecule has 0 bridgehead atoms. The second-order valence-electron chi connectivity index (χ2n) is 25.0. The number of amides is 4. The first-order valence-electron chi connectivity index (χ1n) is 40.1. The van der Waals surface area contributed by atoms with E-state index >= 15 is 0 Å². The summed E-state index contributed by atoms with van der Waals surface area (Å²) < 4.78 is 141. The highest BCUT2D eigenvalue weighted by Gasteiger charge is 2.22. The molecule has 3 heterocycles. The Labute approximate surface area is 677 Å². The number of fused-ring (bicyclic) bond motifs is 1. The number of aromatic nitrogens is 4. The van der Waals surface area contributed by atoms with Crippen LogP contribution in [0.5, 0.6) is 5.88 Å². The average molecular weight is 1650 g/mol. The lowest BCUT2D eigenvalue weighted by atomic mass is 10.1. The summed E-state index contributed by atoms with van der Waals surface area (Å²) in [6.07, 6.45) is 7.51. The van der Waals surface area contributed by atoms with Crippen molar-refractivity contribution in [1.82, 2.24) is 35.3 Å². The molecule has 3 aromatic rings. The number of anilines is 1. The van der Waals surface area contributed by atoms with E-state index < -0.39 is 17.7 Å². The fourth-order valence-corrected chi connectivity index (χ4v) is 9.65. The van der Waals surface area contributed by atoms with Gasteiger partial charge in [0.1, 0.15) is 16.9 Å². The number of carbonyl (C=O) groups is 4. The van der Waals surface area contributed by atoms with Crippen LogP contribution in [0.1, 0.15) is 57.0 Å². The lowest BCUT2D eigenvalue weighted by Crippen LogP contribution is -2.28. The number of ether oxygens (including phenoxy) is 25. The van der Waals surface area contributed by atoms with Crippen LogP contribution in [0.25, 0.3) is 11.0 Å². The van der Waals surface area contributed by atoms with Gasteiger partial charge >= 0.3 is 0 Å². The van der Waals surface area contributed by atoms with E-state index in [0.717, 1.165) is 71.1 Å². The maximum Gasteiger partial charge on any atom is 0.260 e. The Morgan fingerprint density at radius 1 is 0.409 bits per heavy atom. The van der Waals surface area contributed by atoms with Gasteiger partial charge in [-0.25, -0.2) is 4.98 Å². The van der Waals surface area contributed by atoms with Crippen LogP contribution in [-0.2, 0) is 152 Å². The van der Waals surface area contributed by atoms with Crippen molar-refractivity contribution in [2.45, 2.75) is 65.6 Å². The largest absolute Gasteiger partial charge is 0.472 e. The van der Waals surface area contributed by atoms with Crippen LogP contribution >= 0.6 is 0 Å². The maximum absolute atomic E-state index is 12.5. The molecule has 2 aromatic heterocycles. The van der Waals surface area contributed by atoms with Crippen molar-refractivity contribution in [3.8, 4) is 5.88 Å². The zero-order chi connectivity index (χ0) is 81.8. The van der Waals surface area contributed by atoms with Crippen LogP contribution in [0.15, 0.2) is 48.7 Å². The van der Waals surface area contributed by atoms with Gasteiger partial charge in [0.15, 0.2) is 5.82 Å². The van der Waals surface area contributed by atoms with E-state index in [0.29, 0.717) is 335 Å². The number of benzene rings is 1. The lowest BCUT2D eigenvalue weighted by Gasteiger charge is -2.14. The number of unbranched alkanes of at least 4 members (excludes halogenated alkanes) is 1. The second kappa shape index (κ2) is 74.3. The number of imidazole rings is 1. The van der Waals surface area contributed by atoms with Crippen LogP contribution in [0, 0.1) is 0 Å². The fourth-order valence-electron chi connectivity index (χ4n) is 9.65. The molecule has 0 radical (unpaired) electrons. The molecule has 0 atom stereocenters. The van der Waals surface area contributed by atoms with Crippen LogP contribution < -0.4 is 21.1 Å². The number of nitrogens with two attached hydrogens (primary N) is 1. The van der Waals surface area contributed by atoms with Crippen molar-refractivity contribution in [2.75, 3.05) is 329 Å². The molecule has 0 saturated carbocycles. The fraction of sp³-hybridized carbons (Fsp3) is 0.756. The van der Waals surface area contributed by atoms with E-state index in [1.165, 1.54) is 0 Å². The standard InChI is InChI=1S/C78H132N8O29/c1-4-5-6-70-82-75-76(78(115-67(2)3)84-83-77(75)79)86(70)66-69-9-7-68(8-10-69)65-81-72(88)14-17-91-19-21-93-23-25-95-27-29-97-31-33-99-35-37-101-39-41-103-43-45-105-47-49-107-51-53-109-55-57-111-59-61-113-63-64-114-62-60-112-58-56-110-54-52-108-50-48-106-46-44-104-42-40-102-38-36-100-34-32-98-30-28-96-26-24-94-22-20-92-18-15-80-71(87)13-16-85-73(89)11-12-74(85)90/h7-13,16,67H,4-6,14-15,17-66H2,1-3H3,(H2,79,83)(H,80,87)(H,81,88). The quantitative estimate of drug-likeness (QED) is 0.0415. The van der Waals surface area contributed by atoms with E-state index in [1.807, 2.05) is 26.0 Å². The molecule has 0 saturated heterocycles. The van der Waals surface area contributed by atoms with Gasteiger partial charge in [0.05, 0.1) is 323 Å². The van der Waals surface area contributed by atoms with Gasteiger partial charge in [0.25, 0.3) is 17.7 Å². The van der Waals surface area contributed by atoms with Crippen molar-refractivity contribution >= 4 is 40.5 Å². The van der Waals surface area contributed by atoms with Gasteiger partial charge in [-0.05, 0) is 31.4 Å². The Morgan fingerprint density at radius 3 is 1.01 bits per heavy atom. The minimum Gasteiger partial charge on any atom is -0.472 e. The summed E-state index contributed by atoms with van der Waals surface area (Å²) in [5, 5.41) is 13.9. The van der Waals surface area contributed by atoms with Gasteiger partial charge in [0, 0.05) is 56.9 Å². The first-order chi connectivity index (χ1) is 56.7. The predicted octanol–water partition coefficient (Wildman–Crippen LogP) is 2.55.